The van der Waals surface area contributed by atoms with Gasteiger partial charge in [0, 0.05) is 5.56 Å². The van der Waals surface area contributed by atoms with Gasteiger partial charge in [0.25, 0.3) is 0 Å². The van der Waals surface area contributed by atoms with Crippen LogP contribution in [-0.2, 0) is 16.7 Å². The molecule has 0 saturated carbocycles. The highest BCUT2D eigenvalue weighted by Gasteiger charge is 2.42. The average Bonchev–Trinajstić information content (AvgIpc) is 2.27. The van der Waals surface area contributed by atoms with Gasteiger partial charge in [-0.05, 0) is 6.92 Å². The van der Waals surface area contributed by atoms with Gasteiger partial charge in [0.1, 0.15) is 12.6 Å². The van der Waals surface area contributed by atoms with Gasteiger partial charge in [0.05, 0.1) is 21.1 Å². The number of alkyl halides is 2. The maximum absolute atomic E-state index is 11.9. The summed E-state index contributed by atoms with van der Waals surface area (Å²) in [6, 6.07) is 10.6. The first-order chi connectivity index (χ1) is 9.27. The second kappa shape index (κ2) is 7.26. The molecule has 122 valence electrons. The van der Waals surface area contributed by atoms with Crippen molar-refractivity contribution in [1.82, 2.24) is 0 Å². The molecule has 21 heavy (non-hydrogen) atoms. The molecule has 0 bridgehead atoms. The van der Waals surface area contributed by atoms with Crippen LogP contribution in [0.25, 0.3) is 0 Å². The first-order valence-corrected chi connectivity index (χ1v) is 7.54. The van der Waals surface area contributed by atoms with Gasteiger partial charge in [-0.3, -0.25) is 0 Å². The number of benzene rings is 1. The Morgan fingerprint density at radius 2 is 1.67 bits per heavy atom. The summed E-state index contributed by atoms with van der Waals surface area (Å²) in [5, 5.41) is 3.50. The van der Waals surface area contributed by atoms with Crippen molar-refractivity contribution in [1.29, 1.82) is 0 Å². The van der Waals surface area contributed by atoms with E-state index in [1.807, 2.05) is 0 Å². The number of nitrogens with zero attached hydrogens (tertiary/aromatic N) is 1. The van der Waals surface area contributed by atoms with E-state index in [1.165, 1.54) is 5.56 Å². The van der Waals surface area contributed by atoms with E-state index in [1.54, 1.807) is 0 Å². The SMILES string of the molecule is CC(O)C(F)(F)S(=O)(=O)[O-].C[N+](C)(C)Cc1ccccc1. The molecule has 1 aromatic rings. The molecule has 1 N–H and O–H groups in total. The van der Waals surface area contributed by atoms with Crippen LogP contribution in [-0.4, -0.2) is 55.1 Å². The van der Waals surface area contributed by atoms with Crippen LogP contribution in [0.2, 0.25) is 0 Å². The lowest BCUT2D eigenvalue weighted by Gasteiger charge is -2.23. The molecular weight excluding hydrogens is 304 g/mol. The molecule has 0 aliphatic rings. The van der Waals surface area contributed by atoms with E-state index in [9.17, 15) is 21.8 Å². The van der Waals surface area contributed by atoms with Gasteiger partial charge in [0.2, 0.25) is 0 Å². The molecule has 1 unspecified atom stereocenters. The Morgan fingerprint density at radius 1 is 1.24 bits per heavy atom. The number of aliphatic hydroxyl groups is 1. The fourth-order valence-corrected chi connectivity index (χ4v) is 1.76. The number of quaternary nitrogens is 1. The van der Waals surface area contributed by atoms with E-state index >= 15 is 0 Å². The molecule has 0 spiro atoms. The molecular formula is C13H21F2NO4S. The Bertz CT molecular complexity index is 525. The van der Waals surface area contributed by atoms with Crippen LogP contribution in [0.5, 0.6) is 0 Å². The predicted molar refractivity (Wildman–Crippen MR) is 74.5 cm³/mol. The molecule has 0 amide bonds. The number of hydrogen-bond acceptors (Lipinski definition) is 4. The smallest absolute Gasteiger partial charge is 0.359 e. The van der Waals surface area contributed by atoms with Gasteiger partial charge in [-0.25, -0.2) is 8.42 Å². The van der Waals surface area contributed by atoms with Gasteiger partial charge < -0.3 is 14.1 Å². The maximum atomic E-state index is 11.9. The molecule has 0 heterocycles. The highest BCUT2D eigenvalue weighted by atomic mass is 32.2. The molecule has 1 rings (SSSR count). The van der Waals surface area contributed by atoms with Crippen molar-refractivity contribution in [3.05, 3.63) is 35.9 Å². The van der Waals surface area contributed by atoms with Crippen molar-refractivity contribution >= 4 is 10.1 Å². The minimum atomic E-state index is -5.73. The lowest BCUT2D eigenvalue weighted by molar-refractivity contribution is -0.884. The summed E-state index contributed by atoms with van der Waals surface area (Å²) in [5.41, 5.74) is 1.40. The third kappa shape index (κ3) is 7.47. The third-order valence-corrected chi connectivity index (χ3v) is 3.33. The fourth-order valence-electron chi connectivity index (χ4n) is 1.34. The second-order valence-corrected chi connectivity index (χ2v) is 7.08. The Labute approximate surface area is 124 Å². The monoisotopic (exact) mass is 325 g/mol. The zero-order chi connectivity index (χ0) is 16.9. The van der Waals surface area contributed by atoms with Gasteiger partial charge in [-0.1, -0.05) is 30.3 Å². The molecule has 0 radical (unpaired) electrons. The summed E-state index contributed by atoms with van der Waals surface area (Å²) < 4.78 is 53.7. The van der Waals surface area contributed by atoms with E-state index in [2.05, 4.69) is 51.5 Å². The average molecular weight is 325 g/mol. The normalized spacial score (nSPS) is 14.1. The van der Waals surface area contributed by atoms with Gasteiger partial charge in [-0.15, -0.1) is 0 Å². The number of rotatable bonds is 4. The van der Waals surface area contributed by atoms with Crippen LogP contribution in [0.15, 0.2) is 30.3 Å². The van der Waals surface area contributed by atoms with Crippen LogP contribution in [0.4, 0.5) is 8.78 Å². The Hall–Kier alpha value is -1.09. The molecule has 8 heteroatoms. The van der Waals surface area contributed by atoms with Crippen LogP contribution in [0.3, 0.4) is 0 Å². The zero-order valence-electron chi connectivity index (χ0n) is 12.5. The van der Waals surface area contributed by atoms with Gasteiger partial charge in [0.15, 0.2) is 10.1 Å². The molecule has 0 aromatic heterocycles. The number of hydrogen-bond donors (Lipinski definition) is 1. The minimum Gasteiger partial charge on any atom is -0.743 e. The zero-order valence-corrected chi connectivity index (χ0v) is 13.3. The fraction of sp³-hybridized carbons (Fsp3) is 0.538. The standard InChI is InChI=1S/C10H16N.C3H6F2O4S/c1-11(2,3)9-10-7-5-4-6-8-10;1-2(6)3(4,5)10(7,8)9/h4-8H,9H2,1-3H3;2,6H,1H3,(H,7,8,9)/q+1;/p-1. The quantitative estimate of drug-likeness (QED) is 0.670. The highest BCUT2D eigenvalue weighted by molar-refractivity contribution is 7.86. The number of halogens is 2. The van der Waals surface area contributed by atoms with Crippen molar-refractivity contribution in [2.45, 2.75) is 24.8 Å². The number of aliphatic hydroxyl groups excluding tert-OH is 1. The molecule has 1 aromatic carbocycles. The first-order valence-electron chi connectivity index (χ1n) is 6.13. The minimum absolute atomic E-state index is 0.523. The van der Waals surface area contributed by atoms with Crippen molar-refractivity contribution in [2.75, 3.05) is 21.1 Å². The summed E-state index contributed by atoms with van der Waals surface area (Å²) in [7, 11) is 0.869. The van der Waals surface area contributed by atoms with Crippen LogP contribution in [0.1, 0.15) is 12.5 Å². The molecule has 0 saturated heterocycles. The molecule has 0 aliphatic heterocycles. The second-order valence-electron chi connectivity index (χ2n) is 5.63. The van der Waals surface area contributed by atoms with Crippen LogP contribution >= 0.6 is 0 Å². The van der Waals surface area contributed by atoms with Gasteiger partial charge >= 0.3 is 5.25 Å². The lowest BCUT2D eigenvalue weighted by Crippen LogP contribution is -2.39. The summed E-state index contributed by atoms with van der Waals surface area (Å²) >= 11 is 0. The Balaban J connectivity index is 0.000000384. The van der Waals surface area contributed by atoms with E-state index in [-0.39, 0.29) is 0 Å². The Kier molecular flexibility index (Phi) is 6.88. The summed E-state index contributed by atoms with van der Waals surface area (Å²) in [4.78, 5) is 0. The van der Waals surface area contributed by atoms with Crippen molar-refractivity contribution < 1.29 is 31.3 Å². The summed E-state index contributed by atoms with van der Waals surface area (Å²) in [6.07, 6.45) is -2.48. The van der Waals surface area contributed by atoms with Crippen molar-refractivity contribution in [3.63, 3.8) is 0 Å². The van der Waals surface area contributed by atoms with Gasteiger partial charge in [-0.2, -0.15) is 8.78 Å². The van der Waals surface area contributed by atoms with Crippen molar-refractivity contribution in [2.24, 2.45) is 0 Å². The largest absolute Gasteiger partial charge is 0.743 e. The van der Waals surface area contributed by atoms with Crippen LogP contribution in [0, 0.1) is 0 Å². The topological polar surface area (TPSA) is 77.4 Å². The van der Waals surface area contributed by atoms with Crippen molar-refractivity contribution in [3.8, 4) is 0 Å². The van der Waals surface area contributed by atoms with E-state index in [0.717, 1.165) is 11.0 Å². The van der Waals surface area contributed by atoms with E-state index in [0.29, 0.717) is 6.92 Å². The first kappa shape index (κ1) is 19.9. The molecule has 0 fully saturated rings. The molecule has 5 nitrogen and oxygen atoms in total. The van der Waals surface area contributed by atoms with E-state index < -0.39 is 21.5 Å². The lowest BCUT2D eigenvalue weighted by atomic mass is 10.2. The third-order valence-electron chi connectivity index (χ3n) is 2.32. The molecule has 1 atom stereocenters. The van der Waals surface area contributed by atoms with Crippen LogP contribution < -0.4 is 0 Å². The molecule has 0 aliphatic carbocycles. The Morgan fingerprint density at radius 3 is 1.90 bits per heavy atom. The van der Waals surface area contributed by atoms with E-state index in [4.69, 9.17) is 5.11 Å². The predicted octanol–water partition coefficient (Wildman–Crippen LogP) is 1.40. The summed E-state index contributed by atoms with van der Waals surface area (Å²) in [6.45, 7) is 1.62. The highest BCUT2D eigenvalue weighted by Crippen LogP contribution is 2.23. The maximum Gasteiger partial charge on any atom is 0.359 e. The summed E-state index contributed by atoms with van der Waals surface area (Å²) in [5.74, 6) is 0.